The van der Waals surface area contributed by atoms with E-state index >= 15 is 0 Å². The second kappa shape index (κ2) is 7.21. The fraction of sp³-hybridized carbons (Fsp3) is 0.125. The zero-order chi connectivity index (χ0) is 15.9. The molecule has 0 bridgehead atoms. The van der Waals surface area contributed by atoms with Gasteiger partial charge in [-0.2, -0.15) is 5.10 Å². The molecule has 0 aliphatic heterocycles. The number of halogens is 1. The van der Waals surface area contributed by atoms with Crippen molar-refractivity contribution in [2.45, 2.75) is 0 Å². The molecule has 22 heavy (non-hydrogen) atoms. The van der Waals surface area contributed by atoms with E-state index in [9.17, 15) is 9.18 Å². The van der Waals surface area contributed by atoms with E-state index in [2.05, 4.69) is 10.5 Å². The number of methoxy groups -OCH3 is 2. The molecule has 2 aromatic carbocycles. The van der Waals surface area contributed by atoms with Crippen LogP contribution in [-0.2, 0) is 0 Å². The Hall–Kier alpha value is -2.89. The number of ether oxygens (including phenoxy) is 2. The lowest BCUT2D eigenvalue weighted by atomic mass is 10.2. The van der Waals surface area contributed by atoms with Gasteiger partial charge in [0.2, 0.25) is 0 Å². The predicted molar refractivity (Wildman–Crippen MR) is 81.0 cm³/mol. The van der Waals surface area contributed by atoms with Crippen molar-refractivity contribution in [1.82, 2.24) is 5.43 Å². The molecule has 0 spiro atoms. The van der Waals surface area contributed by atoms with Gasteiger partial charge in [-0.15, -0.1) is 0 Å². The molecule has 0 heterocycles. The second-order valence-electron chi connectivity index (χ2n) is 4.29. The molecule has 1 amide bonds. The zero-order valence-corrected chi connectivity index (χ0v) is 12.2. The van der Waals surface area contributed by atoms with E-state index in [1.54, 1.807) is 30.3 Å². The highest BCUT2D eigenvalue weighted by atomic mass is 19.1. The molecule has 0 aliphatic carbocycles. The van der Waals surface area contributed by atoms with Gasteiger partial charge in [-0.05, 0) is 24.3 Å². The van der Waals surface area contributed by atoms with Gasteiger partial charge >= 0.3 is 0 Å². The Balaban J connectivity index is 2.08. The maximum atomic E-state index is 13.4. The van der Waals surface area contributed by atoms with E-state index in [-0.39, 0.29) is 5.56 Å². The number of benzene rings is 2. The summed E-state index contributed by atoms with van der Waals surface area (Å²) in [6.07, 6.45) is 1.24. The molecule has 0 radical (unpaired) electrons. The van der Waals surface area contributed by atoms with Crippen molar-refractivity contribution in [3.05, 3.63) is 59.4 Å². The molecule has 5 nitrogen and oxygen atoms in total. The van der Waals surface area contributed by atoms with Crippen LogP contribution in [0, 0.1) is 5.82 Å². The van der Waals surface area contributed by atoms with Crippen LogP contribution in [-0.4, -0.2) is 26.3 Å². The Bertz CT molecular complexity index is 702. The molecule has 0 saturated carbocycles. The first-order valence-corrected chi connectivity index (χ1v) is 6.45. The Morgan fingerprint density at radius 2 is 1.86 bits per heavy atom. The van der Waals surface area contributed by atoms with Crippen LogP contribution in [0.15, 0.2) is 47.6 Å². The summed E-state index contributed by atoms with van der Waals surface area (Å²) >= 11 is 0. The van der Waals surface area contributed by atoms with Crippen molar-refractivity contribution >= 4 is 12.1 Å². The third-order valence-electron chi connectivity index (χ3n) is 2.92. The third kappa shape index (κ3) is 3.60. The lowest BCUT2D eigenvalue weighted by Crippen LogP contribution is -2.17. The van der Waals surface area contributed by atoms with E-state index in [1.165, 1.54) is 32.6 Å². The van der Waals surface area contributed by atoms with E-state index in [0.29, 0.717) is 17.1 Å². The minimum atomic E-state index is -0.437. The van der Waals surface area contributed by atoms with Crippen LogP contribution in [0.1, 0.15) is 15.9 Å². The smallest absolute Gasteiger partial charge is 0.271 e. The van der Waals surface area contributed by atoms with E-state index in [0.717, 1.165) is 0 Å². The highest BCUT2D eigenvalue weighted by Crippen LogP contribution is 2.27. The summed E-state index contributed by atoms with van der Waals surface area (Å²) in [4.78, 5) is 12.0. The standard InChI is InChI=1S/C16H15FN2O3/c1-21-14-8-7-11(9-15(14)22-2)16(20)19-18-10-12-5-3-4-6-13(12)17/h3-10H,1-2H3,(H,19,20)/b18-10-. The van der Waals surface area contributed by atoms with Gasteiger partial charge in [-0.3, -0.25) is 4.79 Å². The zero-order valence-electron chi connectivity index (χ0n) is 12.2. The molecule has 2 rings (SSSR count). The SMILES string of the molecule is COc1ccc(C(=O)N/N=C\c2ccccc2F)cc1OC. The largest absolute Gasteiger partial charge is 0.493 e. The molecule has 1 N–H and O–H groups in total. The molecule has 2 aromatic rings. The number of nitrogens with one attached hydrogen (secondary N) is 1. The van der Waals surface area contributed by atoms with E-state index in [1.807, 2.05) is 0 Å². The van der Waals surface area contributed by atoms with Crippen molar-refractivity contribution < 1.29 is 18.7 Å². The highest BCUT2D eigenvalue weighted by Gasteiger charge is 2.10. The van der Waals surface area contributed by atoms with Crippen molar-refractivity contribution in [1.29, 1.82) is 0 Å². The average Bonchev–Trinajstić information content (AvgIpc) is 2.55. The monoisotopic (exact) mass is 302 g/mol. The Kier molecular flexibility index (Phi) is 5.08. The van der Waals surface area contributed by atoms with Gasteiger partial charge in [0.15, 0.2) is 11.5 Å². The van der Waals surface area contributed by atoms with E-state index in [4.69, 9.17) is 9.47 Å². The van der Waals surface area contributed by atoms with Gasteiger partial charge < -0.3 is 9.47 Å². The van der Waals surface area contributed by atoms with Crippen LogP contribution in [0.4, 0.5) is 4.39 Å². The van der Waals surface area contributed by atoms with Crippen LogP contribution < -0.4 is 14.9 Å². The topological polar surface area (TPSA) is 59.9 Å². The van der Waals surface area contributed by atoms with Crippen LogP contribution >= 0.6 is 0 Å². The molecule has 114 valence electrons. The predicted octanol–water partition coefficient (Wildman–Crippen LogP) is 2.61. The maximum absolute atomic E-state index is 13.4. The molecule has 0 aliphatic rings. The number of hydrazone groups is 1. The molecular weight excluding hydrogens is 287 g/mol. The summed E-state index contributed by atoms with van der Waals surface area (Å²) in [7, 11) is 2.99. The van der Waals surface area contributed by atoms with E-state index < -0.39 is 11.7 Å². The Morgan fingerprint density at radius 1 is 1.14 bits per heavy atom. The second-order valence-corrected chi connectivity index (χ2v) is 4.29. The first-order valence-electron chi connectivity index (χ1n) is 6.45. The summed E-state index contributed by atoms with van der Waals surface area (Å²) < 4.78 is 23.6. The minimum absolute atomic E-state index is 0.287. The number of amides is 1. The van der Waals surface area contributed by atoms with Gasteiger partial charge in [-0.25, -0.2) is 9.82 Å². The van der Waals surface area contributed by atoms with Gasteiger partial charge in [0.25, 0.3) is 5.91 Å². The first kappa shape index (κ1) is 15.5. The summed E-state index contributed by atoms with van der Waals surface area (Å²) in [5.74, 6) is 0.113. The molecular formula is C16H15FN2O3. The quantitative estimate of drug-likeness (QED) is 0.682. The lowest BCUT2D eigenvalue weighted by Gasteiger charge is -2.08. The molecule has 0 atom stereocenters. The van der Waals surface area contributed by atoms with Gasteiger partial charge in [-0.1, -0.05) is 18.2 Å². The summed E-state index contributed by atoms with van der Waals surface area (Å²) in [5, 5.41) is 3.74. The van der Waals surface area contributed by atoms with Crippen molar-refractivity contribution in [2.75, 3.05) is 14.2 Å². The third-order valence-corrected chi connectivity index (χ3v) is 2.92. The fourth-order valence-corrected chi connectivity index (χ4v) is 1.78. The molecule has 0 fully saturated rings. The average molecular weight is 302 g/mol. The number of rotatable bonds is 5. The van der Waals surface area contributed by atoms with Crippen molar-refractivity contribution in [3.63, 3.8) is 0 Å². The summed E-state index contributed by atoms with van der Waals surface area (Å²) in [5.41, 5.74) is 2.97. The van der Waals surface area contributed by atoms with Crippen LogP contribution in [0.5, 0.6) is 11.5 Å². The number of hydrogen-bond donors (Lipinski definition) is 1. The van der Waals surface area contributed by atoms with Crippen molar-refractivity contribution in [3.8, 4) is 11.5 Å². The molecule has 6 heteroatoms. The molecule has 0 aromatic heterocycles. The maximum Gasteiger partial charge on any atom is 0.271 e. The van der Waals surface area contributed by atoms with Crippen LogP contribution in [0.3, 0.4) is 0 Å². The number of carbonyl (C=O) groups excluding carboxylic acids is 1. The Labute approximate surface area is 127 Å². The number of carbonyl (C=O) groups is 1. The first-order chi connectivity index (χ1) is 10.7. The molecule has 0 saturated heterocycles. The van der Waals surface area contributed by atoms with Gasteiger partial charge in [0.05, 0.1) is 20.4 Å². The number of hydrogen-bond acceptors (Lipinski definition) is 4. The van der Waals surface area contributed by atoms with Gasteiger partial charge in [0, 0.05) is 11.1 Å². The number of nitrogens with zero attached hydrogens (tertiary/aromatic N) is 1. The normalized spacial score (nSPS) is 10.5. The van der Waals surface area contributed by atoms with Gasteiger partial charge in [0.1, 0.15) is 5.82 Å². The lowest BCUT2D eigenvalue weighted by molar-refractivity contribution is 0.0954. The highest BCUT2D eigenvalue weighted by molar-refractivity contribution is 5.95. The molecule has 0 unspecified atom stereocenters. The summed E-state index contributed by atoms with van der Waals surface area (Å²) in [6, 6.07) is 10.9. The van der Waals surface area contributed by atoms with Crippen LogP contribution in [0.25, 0.3) is 0 Å². The van der Waals surface area contributed by atoms with Crippen LogP contribution in [0.2, 0.25) is 0 Å². The van der Waals surface area contributed by atoms with Crippen molar-refractivity contribution in [2.24, 2.45) is 5.10 Å². The minimum Gasteiger partial charge on any atom is -0.493 e. The Morgan fingerprint density at radius 3 is 2.55 bits per heavy atom. The summed E-state index contributed by atoms with van der Waals surface area (Å²) in [6.45, 7) is 0. The fourth-order valence-electron chi connectivity index (χ4n) is 1.78.